The standard InChI is InChI=1S/C13H20N4O2/c1-9(2)17-13-15-6-10(7-16-13)12(18)14-8-11-4-3-5-19-11/h6-7,9,11H,3-5,8H2,1-2H3,(H,14,18)(H,15,16,17). The first-order chi connectivity index (χ1) is 9.15. The number of nitrogens with one attached hydrogen (secondary N) is 2. The third-order valence-electron chi connectivity index (χ3n) is 2.85. The van der Waals surface area contributed by atoms with Crippen molar-refractivity contribution in [1.29, 1.82) is 0 Å². The van der Waals surface area contributed by atoms with Gasteiger partial charge in [-0.25, -0.2) is 9.97 Å². The molecule has 0 bridgehead atoms. The maximum Gasteiger partial charge on any atom is 0.254 e. The molecule has 0 aromatic carbocycles. The smallest absolute Gasteiger partial charge is 0.254 e. The number of aromatic nitrogens is 2. The maximum atomic E-state index is 11.9. The van der Waals surface area contributed by atoms with Gasteiger partial charge in [0, 0.05) is 31.6 Å². The molecule has 2 rings (SSSR count). The van der Waals surface area contributed by atoms with Crippen molar-refractivity contribution >= 4 is 11.9 Å². The molecule has 0 spiro atoms. The van der Waals surface area contributed by atoms with E-state index in [2.05, 4.69) is 20.6 Å². The Labute approximate surface area is 113 Å². The highest BCUT2D eigenvalue weighted by Gasteiger charge is 2.16. The Morgan fingerprint density at radius 1 is 1.47 bits per heavy atom. The molecule has 1 atom stereocenters. The van der Waals surface area contributed by atoms with Crippen LogP contribution in [0.2, 0.25) is 0 Å². The fourth-order valence-corrected chi connectivity index (χ4v) is 1.89. The van der Waals surface area contributed by atoms with Crippen LogP contribution in [-0.2, 0) is 4.74 Å². The van der Waals surface area contributed by atoms with Crippen molar-refractivity contribution in [2.45, 2.75) is 38.8 Å². The summed E-state index contributed by atoms with van der Waals surface area (Å²) in [5.41, 5.74) is 0.465. The molecule has 1 saturated heterocycles. The number of amides is 1. The molecule has 1 aromatic rings. The van der Waals surface area contributed by atoms with Crippen molar-refractivity contribution in [3.8, 4) is 0 Å². The van der Waals surface area contributed by atoms with Crippen molar-refractivity contribution in [1.82, 2.24) is 15.3 Å². The fourth-order valence-electron chi connectivity index (χ4n) is 1.89. The predicted octanol–water partition coefficient (Wildman–Crippen LogP) is 1.21. The van der Waals surface area contributed by atoms with E-state index in [9.17, 15) is 4.79 Å². The average molecular weight is 264 g/mol. The van der Waals surface area contributed by atoms with E-state index in [1.165, 1.54) is 12.4 Å². The second-order valence-electron chi connectivity index (χ2n) is 4.94. The van der Waals surface area contributed by atoms with E-state index < -0.39 is 0 Å². The number of hydrogen-bond acceptors (Lipinski definition) is 5. The van der Waals surface area contributed by atoms with Crippen LogP contribution in [0.3, 0.4) is 0 Å². The van der Waals surface area contributed by atoms with Crippen LogP contribution in [0.15, 0.2) is 12.4 Å². The zero-order valence-corrected chi connectivity index (χ0v) is 11.3. The molecular weight excluding hydrogens is 244 g/mol. The molecule has 19 heavy (non-hydrogen) atoms. The Bertz CT molecular complexity index is 413. The molecule has 0 aliphatic carbocycles. The summed E-state index contributed by atoms with van der Waals surface area (Å²) in [4.78, 5) is 20.1. The van der Waals surface area contributed by atoms with E-state index in [-0.39, 0.29) is 18.1 Å². The SMILES string of the molecule is CC(C)Nc1ncc(C(=O)NCC2CCCO2)cn1. The van der Waals surface area contributed by atoms with Crippen LogP contribution >= 0.6 is 0 Å². The molecule has 0 saturated carbocycles. The van der Waals surface area contributed by atoms with Gasteiger partial charge in [0.05, 0.1) is 11.7 Å². The highest BCUT2D eigenvalue weighted by molar-refractivity contribution is 5.93. The number of carbonyl (C=O) groups excluding carboxylic acids is 1. The van der Waals surface area contributed by atoms with Crippen LogP contribution in [0, 0.1) is 0 Å². The molecule has 104 valence electrons. The van der Waals surface area contributed by atoms with Crippen molar-refractivity contribution in [2.24, 2.45) is 0 Å². The van der Waals surface area contributed by atoms with Gasteiger partial charge >= 0.3 is 0 Å². The van der Waals surface area contributed by atoms with Gasteiger partial charge in [-0.2, -0.15) is 0 Å². The second-order valence-corrected chi connectivity index (χ2v) is 4.94. The van der Waals surface area contributed by atoms with Gasteiger partial charge in [-0.05, 0) is 26.7 Å². The molecule has 6 nitrogen and oxygen atoms in total. The zero-order chi connectivity index (χ0) is 13.7. The van der Waals surface area contributed by atoms with Gasteiger partial charge in [-0.3, -0.25) is 4.79 Å². The molecular formula is C13H20N4O2. The third-order valence-corrected chi connectivity index (χ3v) is 2.85. The molecule has 1 amide bonds. The van der Waals surface area contributed by atoms with E-state index in [4.69, 9.17) is 4.74 Å². The summed E-state index contributed by atoms with van der Waals surface area (Å²) in [7, 11) is 0. The Kier molecular flexibility index (Phi) is 4.68. The number of carbonyl (C=O) groups is 1. The molecule has 6 heteroatoms. The molecule has 1 aliphatic heterocycles. The van der Waals surface area contributed by atoms with Gasteiger partial charge in [0.2, 0.25) is 5.95 Å². The van der Waals surface area contributed by atoms with Crippen molar-refractivity contribution in [3.63, 3.8) is 0 Å². The van der Waals surface area contributed by atoms with Crippen molar-refractivity contribution in [3.05, 3.63) is 18.0 Å². The predicted molar refractivity (Wildman–Crippen MR) is 72.1 cm³/mol. The summed E-state index contributed by atoms with van der Waals surface area (Å²) in [5.74, 6) is 0.372. The van der Waals surface area contributed by atoms with Crippen LogP contribution in [0.25, 0.3) is 0 Å². The molecule has 2 heterocycles. The third kappa shape index (κ3) is 4.17. The minimum atomic E-state index is -0.161. The van der Waals surface area contributed by atoms with Crippen molar-refractivity contribution in [2.75, 3.05) is 18.5 Å². The molecule has 1 unspecified atom stereocenters. The minimum absolute atomic E-state index is 0.145. The molecule has 0 radical (unpaired) electrons. The van der Waals surface area contributed by atoms with Gasteiger partial charge < -0.3 is 15.4 Å². The van der Waals surface area contributed by atoms with Gasteiger partial charge in [-0.1, -0.05) is 0 Å². The number of hydrogen-bond donors (Lipinski definition) is 2. The van der Waals surface area contributed by atoms with Gasteiger partial charge in [-0.15, -0.1) is 0 Å². The lowest BCUT2D eigenvalue weighted by molar-refractivity contribution is 0.0857. The lowest BCUT2D eigenvalue weighted by Gasteiger charge is -2.11. The lowest BCUT2D eigenvalue weighted by atomic mass is 10.2. The zero-order valence-electron chi connectivity index (χ0n) is 11.3. The van der Waals surface area contributed by atoms with Crippen LogP contribution in [0.4, 0.5) is 5.95 Å². The summed E-state index contributed by atoms with van der Waals surface area (Å²) in [6.45, 7) is 5.35. The number of anilines is 1. The van der Waals surface area contributed by atoms with Crippen LogP contribution in [0.5, 0.6) is 0 Å². The highest BCUT2D eigenvalue weighted by atomic mass is 16.5. The fraction of sp³-hybridized carbons (Fsp3) is 0.615. The first kappa shape index (κ1) is 13.7. The Morgan fingerprint density at radius 3 is 2.79 bits per heavy atom. The van der Waals surface area contributed by atoms with Crippen LogP contribution in [0.1, 0.15) is 37.0 Å². The lowest BCUT2D eigenvalue weighted by Crippen LogP contribution is -2.31. The first-order valence-electron chi connectivity index (χ1n) is 6.63. The van der Waals surface area contributed by atoms with E-state index >= 15 is 0 Å². The Hall–Kier alpha value is -1.69. The first-order valence-corrected chi connectivity index (χ1v) is 6.63. The number of ether oxygens (including phenoxy) is 1. The Morgan fingerprint density at radius 2 is 2.21 bits per heavy atom. The number of rotatable bonds is 5. The number of nitrogens with zero attached hydrogens (tertiary/aromatic N) is 2. The Balaban J connectivity index is 1.84. The quantitative estimate of drug-likeness (QED) is 0.836. The summed E-state index contributed by atoms with van der Waals surface area (Å²) < 4.78 is 5.45. The molecule has 1 aromatic heterocycles. The summed E-state index contributed by atoms with van der Waals surface area (Å²) in [6, 6.07) is 0.263. The highest BCUT2D eigenvalue weighted by Crippen LogP contribution is 2.10. The molecule has 1 aliphatic rings. The topological polar surface area (TPSA) is 76.1 Å². The van der Waals surface area contributed by atoms with Gasteiger partial charge in [0.1, 0.15) is 0 Å². The van der Waals surface area contributed by atoms with Crippen LogP contribution < -0.4 is 10.6 Å². The van der Waals surface area contributed by atoms with E-state index in [0.29, 0.717) is 18.1 Å². The summed E-state index contributed by atoms with van der Waals surface area (Å²) in [6.07, 6.45) is 5.28. The average Bonchev–Trinajstić information content (AvgIpc) is 2.89. The largest absolute Gasteiger partial charge is 0.376 e. The van der Waals surface area contributed by atoms with E-state index in [0.717, 1.165) is 19.4 Å². The van der Waals surface area contributed by atoms with E-state index in [1.807, 2.05) is 13.8 Å². The van der Waals surface area contributed by atoms with Gasteiger partial charge in [0.25, 0.3) is 5.91 Å². The molecule has 2 N–H and O–H groups in total. The van der Waals surface area contributed by atoms with E-state index in [1.54, 1.807) is 0 Å². The summed E-state index contributed by atoms with van der Waals surface area (Å²) in [5, 5.41) is 5.91. The van der Waals surface area contributed by atoms with Crippen LogP contribution in [-0.4, -0.2) is 41.2 Å². The minimum Gasteiger partial charge on any atom is -0.376 e. The maximum absolute atomic E-state index is 11.9. The normalized spacial score (nSPS) is 18.6. The van der Waals surface area contributed by atoms with Gasteiger partial charge in [0.15, 0.2) is 0 Å². The molecule has 1 fully saturated rings. The van der Waals surface area contributed by atoms with Crippen molar-refractivity contribution < 1.29 is 9.53 Å². The monoisotopic (exact) mass is 264 g/mol. The second kappa shape index (κ2) is 6.47. The summed E-state index contributed by atoms with van der Waals surface area (Å²) >= 11 is 0.